The first kappa shape index (κ1) is 15.7. The summed E-state index contributed by atoms with van der Waals surface area (Å²) in [5, 5.41) is 26.6. The molecule has 0 fully saturated rings. The molecule has 1 aromatic heterocycles. The maximum atomic E-state index is 12.2. The Morgan fingerprint density at radius 1 is 1.17 bits per heavy atom. The van der Waals surface area contributed by atoms with E-state index in [9.17, 15) is 15.0 Å². The predicted molar refractivity (Wildman–Crippen MR) is 91.5 cm³/mol. The van der Waals surface area contributed by atoms with Gasteiger partial charge in [-0.1, -0.05) is 19.9 Å². The summed E-state index contributed by atoms with van der Waals surface area (Å²) in [7, 11) is 0. The smallest absolute Gasteiger partial charge is 0.348 e. The molecule has 5 N–H and O–H groups in total. The lowest BCUT2D eigenvalue weighted by molar-refractivity contribution is 0.444. The highest BCUT2D eigenvalue weighted by atomic mass is 16.3. The molecule has 24 heavy (non-hydrogen) atoms. The number of aromatic amines is 1. The minimum Gasteiger partial charge on any atom is -0.508 e. The van der Waals surface area contributed by atoms with E-state index in [2.05, 4.69) is 10.2 Å². The van der Waals surface area contributed by atoms with Crippen molar-refractivity contribution < 1.29 is 10.2 Å². The van der Waals surface area contributed by atoms with Crippen molar-refractivity contribution in [1.82, 2.24) is 14.8 Å². The molecule has 1 heterocycles. The number of phenols is 2. The number of aromatic hydroxyl groups is 2. The van der Waals surface area contributed by atoms with Crippen LogP contribution in [-0.4, -0.2) is 25.0 Å². The highest BCUT2D eigenvalue weighted by molar-refractivity contribution is 5.69. The van der Waals surface area contributed by atoms with Gasteiger partial charge in [0.2, 0.25) is 0 Å². The van der Waals surface area contributed by atoms with Crippen LogP contribution in [0.3, 0.4) is 0 Å². The average Bonchev–Trinajstić information content (AvgIpc) is 2.88. The molecule has 2 aromatic carbocycles. The number of aromatic nitrogens is 3. The number of phenolic OH excluding ortho intramolecular Hbond substituents is 2. The van der Waals surface area contributed by atoms with Crippen molar-refractivity contribution in [3.05, 3.63) is 52.4 Å². The van der Waals surface area contributed by atoms with Gasteiger partial charge in [0.05, 0.1) is 11.3 Å². The van der Waals surface area contributed by atoms with Crippen LogP contribution in [0.1, 0.15) is 25.3 Å². The first-order valence-corrected chi connectivity index (χ1v) is 7.48. The Hall–Kier alpha value is -3.22. The molecule has 0 aliphatic rings. The summed E-state index contributed by atoms with van der Waals surface area (Å²) < 4.78 is 1.33. The number of nitrogens with two attached hydrogens (primary N) is 1. The summed E-state index contributed by atoms with van der Waals surface area (Å²) in [6.07, 6.45) is 0. The highest BCUT2D eigenvalue weighted by Crippen LogP contribution is 2.37. The maximum Gasteiger partial charge on any atom is 0.348 e. The first-order valence-electron chi connectivity index (χ1n) is 7.48. The van der Waals surface area contributed by atoms with Crippen LogP contribution >= 0.6 is 0 Å². The molecule has 0 saturated heterocycles. The van der Waals surface area contributed by atoms with Gasteiger partial charge in [-0.3, -0.25) is 0 Å². The van der Waals surface area contributed by atoms with E-state index in [0.717, 1.165) is 0 Å². The fourth-order valence-electron chi connectivity index (χ4n) is 2.62. The number of nitrogen functional groups attached to an aromatic ring is 1. The Kier molecular flexibility index (Phi) is 3.76. The lowest BCUT2D eigenvalue weighted by Crippen LogP contribution is -2.15. The van der Waals surface area contributed by atoms with Gasteiger partial charge in [-0.2, -0.15) is 5.10 Å². The maximum absolute atomic E-state index is 12.2. The van der Waals surface area contributed by atoms with Crippen molar-refractivity contribution in [3.8, 4) is 28.6 Å². The molecular weight excluding hydrogens is 308 g/mol. The molecule has 3 aromatic rings. The predicted octanol–water partition coefficient (Wildman–Crippen LogP) is 2.34. The monoisotopic (exact) mass is 326 g/mol. The number of H-pyrrole nitrogens is 1. The zero-order valence-electron chi connectivity index (χ0n) is 13.3. The summed E-state index contributed by atoms with van der Waals surface area (Å²) in [6.45, 7) is 3.84. The molecule has 3 rings (SSSR count). The minimum absolute atomic E-state index is 0.000335. The molecule has 0 aliphatic heterocycles. The summed E-state index contributed by atoms with van der Waals surface area (Å²) in [6, 6.07) is 9.69. The van der Waals surface area contributed by atoms with Crippen LogP contribution < -0.4 is 11.4 Å². The van der Waals surface area contributed by atoms with Gasteiger partial charge < -0.3 is 15.9 Å². The third kappa shape index (κ3) is 2.60. The van der Waals surface area contributed by atoms with Crippen molar-refractivity contribution in [3.63, 3.8) is 0 Å². The molecule has 124 valence electrons. The Morgan fingerprint density at radius 3 is 2.58 bits per heavy atom. The van der Waals surface area contributed by atoms with Crippen LogP contribution in [0.25, 0.3) is 17.1 Å². The fourth-order valence-corrected chi connectivity index (χ4v) is 2.62. The van der Waals surface area contributed by atoms with Gasteiger partial charge in [0.15, 0.2) is 5.82 Å². The Bertz CT molecular complexity index is 957. The number of anilines is 1. The van der Waals surface area contributed by atoms with Gasteiger partial charge >= 0.3 is 5.69 Å². The molecule has 0 atom stereocenters. The molecular formula is C17H18N4O3. The van der Waals surface area contributed by atoms with Gasteiger partial charge in [0, 0.05) is 11.8 Å². The van der Waals surface area contributed by atoms with E-state index in [1.165, 1.54) is 10.6 Å². The van der Waals surface area contributed by atoms with E-state index in [1.807, 2.05) is 13.8 Å². The van der Waals surface area contributed by atoms with E-state index >= 15 is 0 Å². The van der Waals surface area contributed by atoms with E-state index < -0.39 is 5.69 Å². The first-order chi connectivity index (χ1) is 11.4. The Labute approximate surface area is 138 Å². The van der Waals surface area contributed by atoms with Gasteiger partial charge in [-0.25, -0.2) is 14.5 Å². The van der Waals surface area contributed by atoms with E-state index in [1.54, 1.807) is 30.3 Å². The van der Waals surface area contributed by atoms with E-state index in [0.29, 0.717) is 22.5 Å². The van der Waals surface area contributed by atoms with Gasteiger partial charge in [0.25, 0.3) is 0 Å². The zero-order valence-corrected chi connectivity index (χ0v) is 13.3. The third-order valence-electron chi connectivity index (χ3n) is 3.81. The topological polar surface area (TPSA) is 117 Å². The lowest BCUT2D eigenvalue weighted by Gasteiger charge is -2.13. The van der Waals surface area contributed by atoms with Crippen molar-refractivity contribution >= 4 is 5.69 Å². The number of rotatable bonds is 3. The molecule has 0 bridgehead atoms. The number of hydrogen-bond donors (Lipinski definition) is 4. The second-order valence-corrected chi connectivity index (χ2v) is 5.87. The molecule has 7 nitrogen and oxygen atoms in total. The average molecular weight is 326 g/mol. The van der Waals surface area contributed by atoms with Gasteiger partial charge in [0.1, 0.15) is 11.5 Å². The molecule has 0 radical (unpaired) electrons. The quantitative estimate of drug-likeness (QED) is 0.551. The molecule has 0 unspecified atom stereocenters. The van der Waals surface area contributed by atoms with Crippen molar-refractivity contribution in [2.75, 3.05) is 5.73 Å². The summed E-state index contributed by atoms with van der Waals surface area (Å²) in [4.78, 5) is 12.2. The molecule has 0 saturated carbocycles. The lowest BCUT2D eigenvalue weighted by atomic mass is 9.98. The normalized spacial score (nSPS) is 11.1. The van der Waals surface area contributed by atoms with E-state index in [4.69, 9.17) is 5.73 Å². The van der Waals surface area contributed by atoms with Gasteiger partial charge in [-0.15, -0.1) is 0 Å². The summed E-state index contributed by atoms with van der Waals surface area (Å²) in [5.41, 5.74) is 7.37. The Morgan fingerprint density at radius 2 is 1.92 bits per heavy atom. The highest BCUT2D eigenvalue weighted by Gasteiger charge is 2.19. The fraction of sp³-hybridized carbons (Fsp3) is 0.176. The summed E-state index contributed by atoms with van der Waals surface area (Å²) in [5.74, 6) is 0.113. The number of hydrogen-bond acceptors (Lipinski definition) is 5. The molecule has 7 heteroatoms. The van der Waals surface area contributed by atoms with Crippen LogP contribution in [0.15, 0.2) is 41.2 Å². The van der Waals surface area contributed by atoms with Crippen LogP contribution in [0.2, 0.25) is 0 Å². The standard InChI is InChI=1S/C17H18N4O3/c1-9(2)12-7-13(15(23)8-14(12)22)16-19-20-17(24)21(16)11-5-3-4-10(18)6-11/h3-9,22-23H,18H2,1-2H3,(H,20,24). The number of nitrogens with one attached hydrogen (secondary N) is 1. The second kappa shape index (κ2) is 5.77. The third-order valence-corrected chi connectivity index (χ3v) is 3.81. The van der Waals surface area contributed by atoms with Crippen molar-refractivity contribution in [2.24, 2.45) is 0 Å². The van der Waals surface area contributed by atoms with Crippen LogP contribution in [0.4, 0.5) is 5.69 Å². The summed E-state index contributed by atoms with van der Waals surface area (Å²) >= 11 is 0. The Balaban J connectivity index is 2.26. The van der Waals surface area contributed by atoms with Crippen molar-refractivity contribution in [2.45, 2.75) is 19.8 Å². The largest absolute Gasteiger partial charge is 0.508 e. The molecule has 0 aliphatic carbocycles. The van der Waals surface area contributed by atoms with Crippen LogP contribution in [-0.2, 0) is 0 Å². The molecule has 0 amide bonds. The SMILES string of the molecule is CC(C)c1cc(-c2n[nH]c(=O)n2-c2cccc(N)c2)c(O)cc1O. The number of benzene rings is 2. The minimum atomic E-state index is -0.450. The molecule has 0 spiro atoms. The zero-order chi connectivity index (χ0) is 17.4. The second-order valence-electron chi connectivity index (χ2n) is 5.87. The van der Waals surface area contributed by atoms with Crippen molar-refractivity contribution in [1.29, 1.82) is 0 Å². The van der Waals surface area contributed by atoms with Crippen LogP contribution in [0, 0.1) is 0 Å². The number of nitrogens with zero attached hydrogens (tertiary/aromatic N) is 2. The van der Waals surface area contributed by atoms with Crippen LogP contribution in [0.5, 0.6) is 11.5 Å². The van der Waals surface area contributed by atoms with Gasteiger partial charge in [-0.05, 0) is 35.7 Å². The van der Waals surface area contributed by atoms with E-state index in [-0.39, 0.29) is 23.2 Å².